The number of nitrogens with zero attached hydrogens (tertiary/aromatic N) is 1. The summed E-state index contributed by atoms with van der Waals surface area (Å²) in [6.07, 6.45) is 6.15. The van der Waals surface area contributed by atoms with Crippen LogP contribution in [0.25, 0.3) is 6.08 Å². The molecule has 5 N–H and O–H groups in total. The number of allylic oxidation sites excluding steroid dienone is 1. The van der Waals surface area contributed by atoms with Gasteiger partial charge in [-0.05, 0) is 73.4 Å². The van der Waals surface area contributed by atoms with E-state index in [0.29, 0.717) is 37.8 Å². The van der Waals surface area contributed by atoms with Crippen LogP contribution in [0.3, 0.4) is 0 Å². The Morgan fingerprint density at radius 2 is 1.70 bits per heavy atom. The molecule has 2 aromatic carbocycles. The summed E-state index contributed by atoms with van der Waals surface area (Å²) in [5.41, 5.74) is 5.67. The fourth-order valence-corrected chi connectivity index (χ4v) is 6.07. The number of rotatable bonds is 4. The number of phenolic OH excluding ortho intramolecular Hbond substituents is 1. The minimum Gasteiger partial charge on any atom is -0.508 e. The molecule has 254 valence electrons. The second-order valence-corrected chi connectivity index (χ2v) is 12.9. The molecular weight excluding hydrogens is 598 g/mol. The smallest absolute Gasteiger partial charge is 0.259 e. The van der Waals surface area contributed by atoms with Gasteiger partial charge in [0.05, 0.1) is 18.1 Å². The molecule has 0 aromatic heterocycles. The Balaban J connectivity index is 1.66. The van der Waals surface area contributed by atoms with Crippen LogP contribution in [-0.2, 0) is 30.3 Å². The first-order valence-corrected chi connectivity index (χ1v) is 16.5. The van der Waals surface area contributed by atoms with Crippen molar-refractivity contribution >= 4 is 29.7 Å². The minimum atomic E-state index is -1.03. The molecular formula is C36H49N5O6. The highest BCUT2D eigenvalue weighted by Crippen LogP contribution is 2.20. The highest BCUT2D eigenvalue weighted by atomic mass is 16.5. The largest absolute Gasteiger partial charge is 0.508 e. The number of methoxy groups -OCH3 is 1. The van der Waals surface area contributed by atoms with Crippen molar-refractivity contribution in [3.8, 4) is 5.75 Å². The lowest BCUT2D eigenvalue weighted by atomic mass is 9.96. The van der Waals surface area contributed by atoms with Crippen molar-refractivity contribution < 1.29 is 29.0 Å². The van der Waals surface area contributed by atoms with Crippen molar-refractivity contribution in [2.24, 2.45) is 11.8 Å². The number of carbonyl (C=O) groups excluding carboxylic acids is 4. The molecule has 0 spiro atoms. The van der Waals surface area contributed by atoms with Crippen molar-refractivity contribution in [2.45, 2.75) is 90.1 Å². The molecule has 2 heterocycles. The van der Waals surface area contributed by atoms with Crippen molar-refractivity contribution in [2.75, 3.05) is 13.7 Å². The molecule has 6 atom stereocenters. The summed E-state index contributed by atoms with van der Waals surface area (Å²) in [4.78, 5) is 54.7. The average molecular weight is 648 g/mol. The predicted molar refractivity (Wildman–Crippen MR) is 180 cm³/mol. The number of hydrazine groups is 1. The van der Waals surface area contributed by atoms with Crippen molar-refractivity contribution in [3.05, 3.63) is 71.3 Å². The molecule has 0 radical (unpaired) electrons. The van der Waals surface area contributed by atoms with Gasteiger partial charge in [0.25, 0.3) is 5.91 Å². The average Bonchev–Trinajstić information content (AvgIpc) is 3.05. The topological polar surface area (TPSA) is 149 Å². The maximum absolute atomic E-state index is 14.0. The van der Waals surface area contributed by atoms with Crippen molar-refractivity contribution in [1.82, 2.24) is 26.4 Å². The molecule has 2 aliphatic rings. The number of aromatic hydroxyl groups is 1. The second-order valence-electron chi connectivity index (χ2n) is 12.9. The molecule has 4 bridgehead atoms. The molecule has 4 amide bonds. The van der Waals surface area contributed by atoms with Crippen LogP contribution in [0.1, 0.15) is 76.1 Å². The summed E-state index contributed by atoms with van der Waals surface area (Å²) < 4.78 is 5.69. The van der Waals surface area contributed by atoms with Crippen LogP contribution in [0.2, 0.25) is 0 Å². The van der Waals surface area contributed by atoms with E-state index in [-0.39, 0.29) is 42.0 Å². The molecule has 2 aromatic rings. The van der Waals surface area contributed by atoms with Crippen LogP contribution in [-0.4, -0.2) is 71.6 Å². The number of benzene rings is 2. The maximum Gasteiger partial charge on any atom is 0.259 e. The van der Waals surface area contributed by atoms with Crippen molar-refractivity contribution in [1.29, 1.82) is 0 Å². The quantitative estimate of drug-likeness (QED) is 0.342. The highest BCUT2D eigenvalue weighted by Gasteiger charge is 2.36. The van der Waals surface area contributed by atoms with E-state index in [0.717, 1.165) is 11.1 Å². The lowest BCUT2D eigenvalue weighted by molar-refractivity contribution is -0.144. The monoisotopic (exact) mass is 647 g/mol. The molecule has 2 aliphatic heterocycles. The summed E-state index contributed by atoms with van der Waals surface area (Å²) >= 11 is 0. The predicted octanol–water partition coefficient (Wildman–Crippen LogP) is 3.39. The van der Waals surface area contributed by atoms with E-state index in [9.17, 15) is 24.3 Å². The summed E-state index contributed by atoms with van der Waals surface area (Å²) in [5.74, 6) is -2.25. The van der Waals surface area contributed by atoms with Gasteiger partial charge in [-0.1, -0.05) is 63.3 Å². The Hall–Kier alpha value is -4.22. The van der Waals surface area contributed by atoms with Gasteiger partial charge in [0.15, 0.2) is 0 Å². The van der Waals surface area contributed by atoms with Gasteiger partial charge in [0.1, 0.15) is 23.9 Å². The van der Waals surface area contributed by atoms with Crippen LogP contribution in [0.15, 0.2) is 54.6 Å². The summed E-state index contributed by atoms with van der Waals surface area (Å²) in [6, 6.07) is 11.6. The first kappa shape index (κ1) is 35.6. The zero-order valence-corrected chi connectivity index (χ0v) is 28.0. The van der Waals surface area contributed by atoms with Crippen LogP contribution >= 0.6 is 0 Å². The lowest BCUT2D eigenvalue weighted by Crippen LogP contribution is -2.63. The van der Waals surface area contributed by atoms with E-state index < -0.39 is 35.9 Å². The van der Waals surface area contributed by atoms with Gasteiger partial charge >= 0.3 is 0 Å². The van der Waals surface area contributed by atoms with E-state index in [1.807, 2.05) is 57.2 Å². The van der Waals surface area contributed by atoms with E-state index in [1.54, 1.807) is 32.2 Å². The first-order chi connectivity index (χ1) is 22.5. The number of amides is 4. The maximum atomic E-state index is 14.0. The van der Waals surface area contributed by atoms with Gasteiger partial charge in [-0.15, -0.1) is 0 Å². The highest BCUT2D eigenvalue weighted by molar-refractivity contribution is 5.93. The van der Waals surface area contributed by atoms with Gasteiger partial charge in [-0.25, -0.2) is 5.43 Å². The van der Waals surface area contributed by atoms with E-state index in [1.165, 1.54) is 11.1 Å². The molecule has 4 rings (SSSR count). The SMILES string of the molecule is CO[C@@H]1CC/C=C/c2cccc(c2)[C@@H](C)NC(=O)[C@@H]2CCCN(N2)C(=O)C(Cc2cccc(O)c2)NC(=O)C(C(C)C)NC(=O)[C@@H]1C. The van der Waals surface area contributed by atoms with E-state index in [4.69, 9.17) is 4.74 Å². The second kappa shape index (κ2) is 16.6. The third kappa shape index (κ3) is 9.65. The Morgan fingerprint density at radius 1 is 0.936 bits per heavy atom. The zero-order valence-electron chi connectivity index (χ0n) is 28.0. The fourth-order valence-electron chi connectivity index (χ4n) is 6.07. The van der Waals surface area contributed by atoms with Gasteiger partial charge in [0, 0.05) is 20.1 Å². The molecule has 11 nitrogen and oxygen atoms in total. The Labute approximate surface area is 277 Å². The summed E-state index contributed by atoms with van der Waals surface area (Å²) in [6.45, 7) is 7.71. The van der Waals surface area contributed by atoms with Gasteiger partial charge in [0.2, 0.25) is 17.7 Å². The van der Waals surface area contributed by atoms with Crippen LogP contribution in [0, 0.1) is 11.8 Å². The number of phenols is 1. The van der Waals surface area contributed by atoms with Crippen LogP contribution < -0.4 is 21.4 Å². The Bertz CT molecular complexity index is 1440. The zero-order chi connectivity index (χ0) is 34.1. The number of ether oxygens (including phenoxy) is 1. The van der Waals surface area contributed by atoms with E-state index >= 15 is 0 Å². The number of hydrogen-bond donors (Lipinski definition) is 5. The number of hydrogen-bond acceptors (Lipinski definition) is 7. The number of carbonyl (C=O) groups is 4. The number of nitrogens with one attached hydrogen (secondary N) is 4. The number of fused-ring (bicyclic) bond motifs is 4. The molecule has 11 heteroatoms. The normalized spacial score (nSPS) is 27.6. The summed E-state index contributed by atoms with van der Waals surface area (Å²) in [7, 11) is 1.57. The lowest BCUT2D eigenvalue weighted by Gasteiger charge is -2.36. The van der Waals surface area contributed by atoms with Gasteiger partial charge in [-0.2, -0.15) is 0 Å². The van der Waals surface area contributed by atoms with E-state index in [2.05, 4.69) is 21.4 Å². The minimum absolute atomic E-state index is 0.0386. The Morgan fingerprint density at radius 3 is 2.43 bits per heavy atom. The van der Waals surface area contributed by atoms with Gasteiger partial charge in [-0.3, -0.25) is 24.2 Å². The third-order valence-corrected chi connectivity index (χ3v) is 8.95. The van der Waals surface area contributed by atoms with Crippen LogP contribution in [0.4, 0.5) is 0 Å². The molecule has 0 saturated carbocycles. The molecule has 2 unspecified atom stereocenters. The van der Waals surface area contributed by atoms with Crippen molar-refractivity contribution in [3.63, 3.8) is 0 Å². The molecule has 47 heavy (non-hydrogen) atoms. The molecule has 1 saturated heterocycles. The molecule has 0 aliphatic carbocycles. The molecule has 1 fully saturated rings. The summed E-state index contributed by atoms with van der Waals surface area (Å²) in [5, 5.41) is 20.3. The Kier molecular flexibility index (Phi) is 12.6. The fraction of sp³-hybridized carbons (Fsp3) is 0.500. The van der Waals surface area contributed by atoms with Crippen LogP contribution in [0.5, 0.6) is 5.75 Å². The van der Waals surface area contributed by atoms with Gasteiger partial charge < -0.3 is 25.8 Å². The third-order valence-electron chi connectivity index (χ3n) is 8.95. The first-order valence-electron chi connectivity index (χ1n) is 16.5. The standard InChI is InChI=1S/C36H49N5O6/c1-22(2)32-35(45)38-30(21-26-13-9-15-28(42)20-26)36(46)41-18-10-16-29(40-41)34(44)37-24(4)27-14-8-12-25(19-27)11-6-7-17-31(47-5)23(3)33(43)39-32/h6,8-9,11-15,19-20,22-24,29-32,40,42H,7,10,16-18,21H2,1-5H3,(H,37,44)(H,38,45)(H,39,43)/b11-6+/t23-,24-,29+,30?,31-,32?/m1/s1.